The number of thiophene rings is 1. The van der Waals surface area contributed by atoms with E-state index >= 15 is 0 Å². The minimum atomic E-state index is 0.0974. The minimum Gasteiger partial charge on any atom is -0.508 e. The summed E-state index contributed by atoms with van der Waals surface area (Å²) in [5.41, 5.74) is 3.45. The molecule has 104 valence electrons. The molecular weight excluding hydrogens is 270 g/mol. The Hall–Kier alpha value is -1.81. The van der Waals surface area contributed by atoms with Gasteiger partial charge < -0.3 is 10.0 Å². The molecule has 1 aromatic carbocycles. The lowest BCUT2D eigenvalue weighted by atomic mass is 9.99. The summed E-state index contributed by atoms with van der Waals surface area (Å²) in [7, 11) is 0. The van der Waals surface area contributed by atoms with Crippen molar-refractivity contribution in [1.29, 1.82) is 0 Å². The van der Waals surface area contributed by atoms with Crippen LogP contribution in [0.3, 0.4) is 0 Å². The van der Waals surface area contributed by atoms with E-state index in [-0.39, 0.29) is 11.7 Å². The monoisotopic (exact) mass is 287 g/mol. The quantitative estimate of drug-likeness (QED) is 0.874. The Kier molecular flexibility index (Phi) is 3.26. The second-order valence-electron chi connectivity index (χ2n) is 5.28. The summed E-state index contributed by atoms with van der Waals surface area (Å²) in [4.78, 5) is 16.4. The van der Waals surface area contributed by atoms with Crippen LogP contribution in [0.15, 0.2) is 24.3 Å². The molecular formula is C16H17NO2S. The zero-order valence-electron chi connectivity index (χ0n) is 11.6. The van der Waals surface area contributed by atoms with Crippen molar-refractivity contribution in [2.75, 3.05) is 6.54 Å². The molecule has 20 heavy (non-hydrogen) atoms. The Bertz CT molecular complexity index is 656. The Morgan fingerprint density at radius 3 is 2.75 bits per heavy atom. The molecule has 1 aliphatic rings. The summed E-state index contributed by atoms with van der Waals surface area (Å²) in [6, 6.07) is 7.40. The fourth-order valence-electron chi connectivity index (χ4n) is 2.55. The van der Waals surface area contributed by atoms with Gasteiger partial charge in [-0.1, -0.05) is 6.07 Å². The number of phenols is 1. The third-order valence-corrected chi connectivity index (χ3v) is 5.01. The van der Waals surface area contributed by atoms with Gasteiger partial charge in [-0.2, -0.15) is 0 Å². The summed E-state index contributed by atoms with van der Waals surface area (Å²) in [5, 5.41) is 9.57. The normalized spacial score (nSPS) is 14.2. The number of nitrogens with zero attached hydrogens (tertiary/aromatic N) is 1. The van der Waals surface area contributed by atoms with Gasteiger partial charge in [-0.25, -0.2) is 0 Å². The average molecular weight is 287 g/mol. The van der Waals surface area contributed by atoms with Gasteiger partial charge in [0.15, 0.2) is 0 Å². The third kappa shape index (κ3) is 2.31. The Morgan fingerprint density at radius 2 is 2.05 bits per heavy atom. The van der Waals surface area contributed by atoms with Gasteiger partial charge in [-0.05, 0) is 55.2 Å². The number of hydrogen-bond donors (Lipinski definition) is 1. The largest absolute Gasteiger partial charge is 0.508 e. The summed E-state index contributed by atoms with van der Waals surface area (Å²) >= 11 is 1.56. The second-order valence-corrected chi connectivity index (χ2v) is 6.54. The summed E-state index contributed by atoms with van der Waals surface area (Å²) in [5.74, 6) is 0.362. The van der Waals surface area contributed by atoms with Crippen LogP contribution >= 0.6 is 11.3 Å². The van der Waals surface area contributed by atoms with E-state index in [9.17, 15) is 9.90 Å². The van der Waals surface area contributed by atoms with Crippen molar-refractivity contribution >= 4 is 17.2 Å². The molecule has 1 aliphatic heterocycles. The molecule has 0 bridgehead atoms. The maximum absolute atomic E-state index is 12.5. The number of carbonyl (C=O) groups excluding carboxylic acids is 1. The lowest BCUT2D eigenvalue weighted by Gasteiger charge is -2.28. The number of amides is 1. The maximum Gasteiger partial charge on any atom is 0.264 e. The Labute approximate surface area is 122 Å². The van der Waals surface area contributed by atoms with E-state index in [4.69, 9.17) is 0 Å². The topological polar surface area (TPSA) is 40.5 Å². The van der Waals surface area contributed by atoms with Gasteiger partial charge in [0.1, 0.15) is 5.75 Å². The van der Waals surface area contributed by atoms with Gasteiger partial charge in [0.25, 0.3) is 5.91 Å². The number of hydrogen-bond acceptors (Lipinski definition) is 3. The fourth-order valence-corrected chi connectivity index (χ4v) is 3.55. The van der Waals surface area contributed by atoms with Crippen LogP contribution in [0.5, 0.6) is 5.75 Å². The highest BCUT2D eigenvalue weighted by Crippen LogP contribution is 2.27. The molecule has 2 heterocycles. The van der Waals surface area contributed by atoms with E-state index in [1.54, 1.807) is 23.5 Å². The third-order valence-electron chi connectivity index (χ3n) is 3.87. The highest BCUT2D eigenvalue weighted by atomic mass is 32.1. The molecule has 1 amide bonds. The van der Waals surface area contributed by atoms with E-state index < -0.39 is 0 Å². The Balaban J connectivity index is 1.84. The van der Waals surface area contributed by atoms with Crippen LogP contribution in [0.25, 0.3) is 0 Å². The van der Waals surface area contributed by atoms with Crippen LogP contribution in [0.4, 0.5) is 0 Å². The SMILES string of the molecule is Cc1cc(C(=O)N2CCc3ccc(O)cc3C2)sc1C. The number of phenolic OH excluding ortho intramolecular Hbond substituents is 1. The van der Waals surface area contributed by atoms with Crippen molar-refractivity contribution in [3.63, 3.8) is 0 Å². The van der Waals surface area contributed by atoms with E-state index in [0.717, 1.165) is 23.4 Å². The zero-order chi connectivity index (χ0) is 14.3. The van der Waals surface area contributed by atoms with Crippen molar-refractivity contribution in [2.24, 2.45) is 0 Å². The van der Waals surface area contributed by atoms with Crippen LogP contribution in [-0.4, -0.2) is 22.5 Å². The first-order valence-electron chi connectivity index (χ1n) is 6.71. The molecule has 0 radical (unpaired) electrons. The molecule has 3 rings (SSSR count). The van der Waals surface area contributed by atoms with Crippen LogP contribution in [0.1, 0.15) is 31.2 Å². The maximum atomic E-state index is 12.5. The molecule has 0 unspecified atom stereocenters. The molecule has 0 atom stereocenters. The second kappa shape index (κ2) is 4.94. The van der Waals surface area contributed by atoms with E-state index in [1.807, 2.05) is 30.9 Å². The lowest BCUT2D eigenvalue weighted by Crippen LogP contribution is -2.35. The summed E-state index contributed by atoms with van der Waals surface area (Å²) < 4.78 is 0. The van der Waals surface area contributed by atoms with Crippen molar-refractivity contribution < 1.29 is 9.90 Å². The predicted octanol–water partition coefficient (Wildman–Crippen LogP) is 3.27. The van der Waals surface area contributed by atoms with Gasteiger partial charge in [-0.15, -0.1) is 11.3 Å². The van der Waals surface area contributed by atoms with Crippen LogP contribution in [0, 0.1) is 13.8 Å². The zero-order valence-corrected chi connectivity index (χ0v) is 12.5. The Morgan fingerprint density at radius 1 is 1.25 bits per heavy atom. The number of benzene rings is 1. The predicted molar refractivity (Wildman–Crippen MR) is 80.3 cm³/mol. The molecule has 4 heteroatoms. The number of carbonyl (C=O) groups is 1. The van der Waals surface area contributed by atoms with Crippen LogP contribution in [0.2, 0.25) is 0 Å². The van der Waals surface area contributed by atoms with Crippen molar-refractivity contribution in [3.8, 4) is 5.75 Å². The van der Waals surface area contributed by atoms with Gasteiger partial charge in [0.05, 0.1) is 4.88 Å². The number of aryl methyl sites for hydroxylation is 2. The standard InChI is InChI=1S/C16H17NO2S/c1-10-7-15(20-11(10)2)16(19)17-6-5-12-3-4-14(18)8-13(12)9-17/h3-4,7-8,18H,5-6,9H2,1-2H3. The highest BCUT2D eigenvalue weighted by molar-refractivity contribution is 7.14. The fraction of sp³-hybridized carbons (Fsp3) is 0.312. The van der Waals surface area contributed by atoms with Crippen molar-refractivity contribution in [1.82, 2.24) is 4.90 Å². The number of aromatic hydroxyl groups is 1. The first kappa shape index (κ1) is 13.2. The summed E-state index contributed by atoms with van der Waals surface area (Å²) in [6.07, 6.45) is 0.852. The number of rotatable bonds is 1. The molecule has 0 aliphatic carbocycles. The molecule has 0 saturated carbocycles. The molecule has 1 aromatic heterocycles. The van der Waals surface area contributed by atoms with E-state index in [2.05, 4.69) is 0 Å². The van der Waals surface area contributed by atoms with Crippen molar-refractivity contribution in [2.45, 2.75) is 26.8 Å². The minimum absolute atomic E-state index is 0.0974. The molecule has 3 nitrogen and oxygen atoms in total. The first-order valence-corrected chi connectivity index (χ1v) is 7.53. The average Bonchev–Trinajstić information content (AvgIpc) is 2.77. The molecule has 0 fully saturated rings. The highest BCUT2D eigenvalue weighted by Gasteiger charge is 2.23. The van der Waals surface area contributed by atoms with Gasteiger partial charge in [-0.3, -0.25) is 4.79 Å². The van der Waals surface area contributed by atoms with Gasteiger partial charge in [0, 0.05) is 18.0 Å². The molecule has 2 aromatic rings. The van der Waals surface area contributed by atoms with Crippen LogP contribution < -0.4 is 0 Å². The van der Waals surface area contributed by atoms with Crippen molar-refractivity contribution in [3.05, 3.63) is 50.7 Å². The molecule has 0 spiro atoms. The van der Waals surface area contributed by atoms with Crippen LogP contribution in [-0.2, 0) is 13.0 Å². The molecule has 1 N–H and O–H groups in total. The summed E-state index contributed by atoms with van der Waals surface area (Å²) in [6.45, 7) is 5.40. The number of fused-ring (bicyclic) bond motifs is 1. The lowest BCUT2D eigenvalue weighted by molar-refractivity contribution is 0.0739. The first-order chi connectivity index (χ1) is 9.54. The van der Waals surface area contributed by atoms with Gasteiger partial charge in [0.2, 0.25) is 0 Å². The van der Waals surface area contributed by atoms with E-state index in [1.165, 1.54) is 16.0 Å². The van der Waals surface area contributed by atoms with Gasteiger partial charge >= 0.3 is 0 Å². The smallest absolute Gasteiger partial charge is 0.264 e. The molecule has 0 saturated heterocycles. The van der Waals surface area contributed by atoms with E-state index in [0.29, 0.717) is 6.54 Å².